The van der Waals surface area contributed by atoms with Crippen LogP contribution in [-0.2, 0) is 0 Å². The molecule has 1 aromatic heterocycles. The molecule has 6 heteroatoms. The summed E-state index contributed by atoms with van der Waals surface area (Å²) < 4.78 is 5.23. The molecule has 1 unspecified atom stereocenters. The molecule has 1 atom stereocenters. The molecule has 0 radical (unpaired) electrons. The van der Waals surface area contributed by atoms with Crippen LogP contribution in [0.4, 0.5) is 11.4 Å². The number of carbonyl (C=O) groups excluding carboxylic acids is 1. The Morgan fingerprint density at radius 3 is 2.67 bits per heavy atom. The summed E-state index contributed by atoms with van der Waals surface area (Å²) in [5, 5.41) is 4.07. The second-order valence-corrected chi connectivity index (χ2v) is 6.75. The van der Waals surface area contributed by atoms with Gasteiger partial charge >= 0.3 is 0 Å². The minimum Gasteiger partial charge on any atom is -0.497 e. The predicted octanol–water partition coefficient (Wildman–Crippen LogP) is 4.82. The predicted molar refractivity (Wildman–Crippen MR) is 107 cm³/mol. The summed E-state index contributed by atoms with van der Waals surface area (Å²) in [6.07, 6.45) is 1.27. The maximum Gasteiger partial charge on any atom is 0.262 e. The van der Waals surface area contributed by atoms with E-state index in [-0.39, 0.29) is 5.91 Å². The average molecular weight is 380 g/mol. The van der Waals surface area contributed by atoms with E-state index in [1.807, 2.05) is 49.4 Å². The van der Waals surface area contributed by atoms with E-state index in [1.165, 1.54) is 0 Å². The number of pyridine rings is 1. The van der Waals surface area contributed by atoms with Crippen LogP contribution in [0, 0.1) is 6.92 Å². The van der Waals surface area contributed by atoms with Gasteiger partial charge in [0.05, 0.1) is 18.4 Å². The van der Waals surface area contributed by atoms with E-state index >= 15 is 0 Å². The number of halogens is 1. The van der Waals surface area contributed by atoms with Crippen molar-refractivity contribution in [3.8, 4) is 5.75 Å². The molecule has 1 amide bonds. The lowest BCUT2D eigenvalue weighted by Gasteiger charge is -2.27. The summed E-state index contributed by atoms with van der Waals surface area (Å²) in [5.74, 6) is 0.636. The zero-order valence-corrected chi connectivity index (χ0v) is 15.7. The van der Waals surface area contributed by atoms with Crippen molar-refractivity contribution in [1.29, 1.82) is 0 Å². The molecule has 0 spiro atoms. The van der Waals surface area contributed by atoms with Crippen molar-refractivity contribution in [3.63, 3.8) is 0 Å². The zero-order valence-electron chi connectivity index (χ0n) is 14.9. The summed E-state index contributed by atoms with van der Waals surface area (Å²) in [7, 11) is 1.61. The Morgan fingerprint density at radius 1 is 1.15 bits per heavy atom. The molecule has 5 nitrogen and oxygen atoms in total. The number of carbonyl (C=O) groups is 1. The molecule has 2 aromatic carbocycles. The highest BCUT2D eigenvalue weighted by Crippen LogP contribution is 2.38. The van der Waals surface area contributed by atoms with E-state index < -0.39 is 6.17 Å². The van der Waals surface area contributed by atoms with Crippen LogP contribution in [0.2, 0.25) is 5.02 Å². The van der Waals surface area contributed by atoms with Crippen LogP contribution < -0.4 is 15.0 Å². The summed E-state index contributed by atoms with van der Waals surface area (Å²) in [6.45, 7) is 1.99. The largest absolute Gasteiger partial charge is 0.497 e. The fraction of sp³-hybridized carbons (Fsp3) is 0.143. The minimum absolute atomic E-state index is 0.0968. The van der Waals surface area contributed by atoms with Crippen LogP contribution in [0.25, 0.3) is 0 Å². The SMILES string of the molecule is COc1ccc(N2C(=O)c3cccnc3C2Nc2cc(Cl)ccc2C)cc1. The number of aromatic nitrogens is 1. The van der Waals surface area contributed by atoms with Crippen molar-refractivity contribution < 1.29 is 9.53 Å². The quantitative estimate of drug-likeness (QED) is 0.705. The molecule has 2 heterocycles. The molecule has 0 fully saturated rings. The normalized spacial score (nSPS) is 15.6. The number of nitrogens with zero attached hydrogens (tertiary/aromatic N) is 2. The number of ether oxygens (including phenoxy) is 1. The van der Waals surface area contributed by atoms with Crippen LogP contribution in [0.1, 0.15) is 27.8 Å². The first kappa shape index (κ1) is 17.4. The Labute approximate surface area is 162 Å². The van der Waals surface area contributed by atoms with Gasteiger partial charge in [0, 0.05) is 22.6 Å². The minimum atomic E-state index is -0.431. The number of amides is 1. The average Bonchev–Trinajstić information content (AvgIpc) is 2.97. The number of anilines is 2. The second-order valence-electron chi connectivity index (χ2n) is 6.32. The number of rotatable bonds is 4. The first-order valence-corrected chi connectivity index (χ1v) is 8.91. The van der Waals surface area contributed by atoms with Crippen LogP contribution in [0.3, 0.4) is 0 Å². The molecular weight excluding hydrogens is 362 g/mol. The third-order valence-corrected chi connectivity index (χ3v) is 4.88. The van der Waals surface area contributed by atoms with E-state index in [0.29, 0.717) is 16.3 Å². The molecular formula is C21H18ClN3O2. The Kier molecular flexibility index (Phi) is 4.46. The van der Waals surface area contributed by atoms with Gasteiger partial charge in [0.2, 0.25) is 0 Å². The van der Waals surface area contributed by atoms with Crippen molar-refractivity contribution in [2.24, 2.45) is 0 Å². The van der Waals surface area contributed by atoms with Gasteiger partial charge in [0.25, 0.3) is 5.91 Å². The van der Waals surface area contributed by atoms with Gasteiger partial charge in [0.15, 0.2) is 6.17 Å². The molecule has 0 saturated carbocycles. The van der Waals surface area contributed by atoms with Gasteiger partial charge < -0.3 is 10.1 Å². The highest BCUT2D eigenvalue weighted by molar-refractivity contribution is 6.30. The number of aryl methyl sites for hydroxylation is 1. The summed E-state index contributed by atoms with van der Waals surface area (Å²) in [5.41, 5.74) is 3.93. The number of fused-ring (bicyclic) bond motifs is 1. The van der Waals surface area contributed by atoms with Gasteiger partial charge in [-0.25, -0.2) is 0 Å². The second kappa shape index (κ2) is 6.93. The Hall–Kier alpha value is -3.05. The maximum atomic E-state index is 13.1. The van der Waals surface area contributed by atoms with Gasteiger partial charge in [-0.05, 0) is 61.0 Å². The lowest BCUT2D eigenvalue weighted by Crippen LogP contribution is -2.32. The monoisotopic (exact) mass is 379 g/mol. The third-order valence-electron chi connectivity index (χ3n) is 4.65. The number of hydrogen-bond acceptors (Lipinski definition) is 4. The number of benzene rings is 2. The molecule has 1 aliphatic heterocycles. The molecule has 136 valence electrons. The first-order chi connectivity index (χ1) is 13.1. The van der Waals surface area contributed by atoms with E-state index in [9.17, 15) is 4.79 Å². The highest BCUT2D eigenvalue weighted by atomic mass is 35.5. The van der Waals surface area contributed by atoms with Crippen molar-refractivity contribution in [3.05, 3.63) is 82.6 Å². The summed E-state index contributed by atoms with van der Waals surface area (Å²) in [4.78, 5) is 19.3. The molecule has 27 heavy (non-hydrogen) atoms. The Bertz CT molecular complexity index is 1000. The van der Waals surface area contributed by atoms with Gasteiger partial charge in [-0.2, -0.15) is 0 Å². The number of nitrogens with one attached hydrogen (secondary N) is 1. The van der Waals surface area contributed by atoms with Crippen LogP contribution >= 0.6 is 11.6 Å². The zero-order chi connectivity index (χ0) is 19.0. The van der Waals surface area contributed by atoms with E-state index in [2.05, 4.69) is 10.3 Å². The maximum absolute atomic E-state index is 13.1. The molecule has 4 rings (SSSR count). The Balaban J connectivity index is 1.78. The summed E-state index contributed by atoms with van der Waals surface area (Å²) >= 11 is 6.17. The van der Waals surface area contributed by atoms with Crippen LogP contribution in [-0.4, -0.2) is 18.0 Å². The van der Waals surface area contributed by atoms with Gasteiger partial charge in [-0.3, -0.25) is 14.7 Å². The topological polar surface area (TPSA) is 54.5 Å². The fourth-order valence-electron chi connectivity index (χ4n) is 3.22. The molecule has 1 N–H and O–H groups in total. The number of hydrogen-bond donors (Lipinski definition) is 1. The highest BCUT2D eigenvalue weighted by Gasteiger charge is 2.39. The third kappa shape index (κ3) is 3.11. The molecule has 0 aliphatic carbocycles. The van der Waals surface area contributed by atoms with E-state index in [4.69, 9.17) is 16.3 Å². The lowest BCUT2D eigenvalue weighted by molar-refractivity contribution is 0.0993. The van der Waals surface area contributed by atoms with Crippen LogP contribution in [0.5, 0.6) is 5.75 Å². The van der Waals surface area contributed by atoms with E-state index in [0.717, 1.165) is 22.7 Å². The van der Waals surface area contributed by atoms with Crippen molar-refractivity contribution in [2.45, 2.75) is 13.1 Å². The standard InChI is InChI=1S/C21H18ClN3O2/c1-13-5-6-14(22)12-18(13)24-20-19-17(4-3-11-23-19)21(26)25(20)15-7-9-16(27-2)10-8-15/h3-12,20,24H,1-2H3. The van der Waals surface area contributed by atoms with Crippen LogP contribution in [0.15, 0.2) is 60.8 Å². The molecule has 0 bridgehead atoms. The number of methoxy groups -OCH3 is 1. The lowest BCUT2D eigenvalue weighted by atomic mass is 10.1. The van der Waals surface area contributed by atoms with E-state index in [1.54, 1.807) is 30.3 Å². The fourth-order valence-corrected chi connectivity index (χ4v) is 3.40. The van der Waals surface area contributed by atoms with Crippen molar-refractivity contribution >= 4 is 28.9 Å². The van der Waals surface area contributed by atoms with Gasteiger partial charge in [-0.1, -0.05) is 17.7 Å². The first-order valence-electron chi connectivity index (χ1n) is 8.53. The van der Waals surface area contributed by atoms with Crippen molar-refractivity contribution in [1.82, 2.24) is 4.98 Å². The van der Waals surface area contributed by atoms with Gasteiger partial charge in [-0.15, -0.1) is 0 Å². The smallest absolute Gasteiger partial charge is 0.262 e. The molecule has 1 aliphatic rings. The van der Waals surface area contributed by atoms with Gasteiger partial charge in [0.1, 0.15) is 5.75 Å². The molecule has 0 saturated heterocycles. The molecule has 3 aromatic rings. The summed E-state index contributed by atoms with van der Waals surface area (Å²) in [6, 6.07) is 16.6. The van der Waals surface area contributed by atoms with Crippen molar-refractivity contribution in [2.75, 3.05) is 17.3 Å². The Morgan fingerprint density at radius 2 is 1.93 bits per heavy atom.